The number of carbonyl (C=O) groups is 3. The van der Waals surface area contributed by atoms with Crippen LogP contribution in [0.4, 0.5) is 30.7 Å². The van der Waals surface area contributed by atoms with E-state index >= 15 is 4.39 Å². The number of fused-ring (bicyclic) bond motifs is 1. The zero-order chi connectivity index (χ0) is 43.7. The Kier molecular flexibility index (Phi) is 16.0. The first-order chi connectivity index (χ1) is 27.6. The predicted octanol–water partition coefficient (Wildman–Crippen LogP) is 5.70. The van der Waals surface area contributed by atoms with Gasteiger partial charge in [0.05, 0.1) is 35.1 Å². The van der Waals surface area contributed by atoms with Crippen LogP contribution in [0, 0.1) is 5.82 Å². The van der Waals surface area contributed by atoms with Crippen LogP contribution in [0.25, 0.3) is 10.2 Å². The molecule has 59 heavy (non-hydrogen) atoms. The van der Waals surface area contributed by atoms with Gasteiger partial charge in [0.25, 0.3) is 5.91 Å². The highest BCUT2D eigenvalue weighted by molar-refractivity contribution is 7.16. The molecule has 1 atom stereocenters. The number of phenols is 1. The molecule has 13 nitrogen and oxygen atoms in total. The molecule has 4 aromatic rings. The highest BCUT2D eigenvalue weighted by Crippen LogP contribution is 2.33. The summed E-state index contributed by atoms with van der Waals surface area (Å²) in [5, 5.41) is 40.1. The second-order valence-electron chi connectivity index (χ2n) is 13.5. The molecule has 0 bridgehead atoms. The summed E-state index contributed by atoms with van der Waals surface area (Å²) in [5.74, 6) is -5.67. The van der Waals surface area contributed by atoms with Crippen LogP contribution in [0.3, 0.4) is 0 Å². The van der Waals surface area contributed by atoms with Gasteiger partial charge in [-0.1, -0.05) is 42.5 Å². The third kappa shape index (κ3) is 12.9. The molecule has 0 aliphatic carbocycles. The number of ether oxygens (including phenoxy) is 1. The van der Waals surface area contributed by atoms with Gasteiger partial charge >= 0.3 is 29.2 Å². The molecule has 2 aliphatic heterocycles. The van der Waals surface area contributed by atoms with Crippen molar-refractivity contribution in [3.63, 3.8) is 0 Å². The van der Waals surface area contributed by atoms with Crippen molar-refractivity contribution in [2.24, 2.45) is 0 Å². The van der Waals surface area contributed by atoms with Gasteiger partial charge in [-0.25, -0.2) is 14.0 Å². The molecule has 2 aromatic carbocycles. The van der Waals surface area contributed by atoms with Gasteiger partial charge in [0.2, 0.25) is 0 Å². The molecule has 4 heterocycles. The van der Waals surface area contributed by atoms with E-state index in [9.17, 15) is 46.1 Å². The number of rotatable bonds is 10. The highest BCUT2D eigenvalue weighted by atomic mass is 32.1. The molecule has 1 spiro atoms. The number of aliphatic hydroxyl groups is 1. The number of nitrogens with zero attached hydrogens (tertiary/aromatic N) is 2. The predicted molar refractivity (Wildman–Crippen MR) is 202 cm³/mol. The minimum Gasteiger partial charge on any atom is -0.506 e. The van der Waals surface area contributed by atoms with Gasteiger partial charge in [0.15, 0.2) is 0 Å². The summed E-state index contributed by atoms with van der Waals surface area (Å²) in [6.07, 6.45) is -8.08. The van der Waals surface area contributed by atoms with Crippen LogP contribution in [0.5, 0.6) is 5.75 Å². The summed E-state index contributed by atoms with van der Waals surface area (Å²) in [5.41, 5.74) is 2.57. The Morgan fingerprint density at radius 1 is 1.00 bits per heavy atom. The van der Waals surface area contributed by atoms with Gasteiger partial charge in [-0.3, -0.25) is 14.5 Å². The Labute approximate surface area is 339 Å². The van der Waals surface area contributed by atoms with E-state index in [1.165, 1.54) is 10.9 Å². The summed E-state index contributed by atoms with van der Waals surface area (Å²) < 4.78 is 85.8. The molecule has 6 rings (SSSR count). The smallest absolute Gasteiger partial charge is 0.490 e. The number of halogens is 7. The number of hydrogen-bond donors (Lipinski definition) is 6. The number of likely N-dealkylation sites (tertiary alicyclic amines) is 1. The van der Waals surface area contributed by atoms with E-state index in [1.54, 1.807) is 23.5 Å². The number of aliphatic carboxylic acids is 2. The van der Waals surface area contributed by atoms with E-state index in [2.05, 4.69) is 22.1 Å². The zero-order valence-corrected chi connectivity index (χ0v) is 32.9. The maximum Gasteiger partial charge on any atom is 0.490 e. The van der Waals surface area contributed by atoms with Crippen LogP contribution >= 0.6 is 22.7 Å². The summed E-state index contributed by atoms with van der Waals surface area (Å²) in [6, 6.07) is 10.6. The SMILES string of the molecule is CCc1cc(C(=O)N2CCOC3(CCN(Cc4cccc(CCNC[C@H](O)c5ccc(O)c6[nH]c(=O)sc56)c4F)CC3)C2)cs1.O=C(O)C(F)(F)F.O=C(O)C(F)(F)F. The molecule has 2 aromatic heterocycles. The molecule has 22 heteroatoms. The number of hydrogen-bond acceptors (Lipinski definition) is 11. The van der Waals surface area contributed by atoms with Gasteiger partial charge < -0.3 is 40.4 Å². The number of thiophene rings is 1. The van der Waals surface area contributed by atoms with Crippen molar-refractivity contribution in [2.75, 3.05) is 45.9 Å². The number of aromatic nitrogens is 1. The van der Waals surface area contributed by atoms with Gasteiger partial charge in [0.1, 0.15) is 17.1 Å². The number of benzene rings is 2. The van der Waals surface area contributed by atoms with Crippen molar-refractivity contribution in [3.8, 4) is 5.75 Å². The van der Waals surface area contributed by atoms with Crippen LogP contribution in [-0.4, -0.2) is 117 Å². The Morgan fingerprint density at radius 2 is 1.63 bits per heavy atom. The average Bonchev–Trinajstić information content (AvgIpc) is 3.82. The monoisotopic (exact) mass is 882 g/mol. The fraction of sp³-hybridized carbons (Fsp3) is 0.459. The lowest BCUT2D eigenvalue weighted by molar-refractivity contribution is -0.193. The largest absolute Gasteiger partial charge is 0.506 e. The number of aliphatic hydroxyl groups excluding tert-OH is 1. The number of phenolic OH excluding ortho intramolecular Hbond substituents is 1. The van der Waals surface area contributed by atoms with Gasteiger partial charge in [0, 0.05) is 54.1 Å². The Hall–Kier alpha value is -4.61. The van der Waals surface area contributed by atoms with Gasteiger partial charge in [-0.2, -0.15) is 26.3 Å². The molecular formula is C37H41F7N4O9S2. The third-order valence-corrected chi connectivity index (χ3v) is 11.5. The molecule has 0 unspecified atom stereocenters. The third-order valence-electron chi connectivity index (χ3n) is 9.45. The molecule has 324 valence electrons. The van der Waals surface area contributed by atoms with E-state index in [-0.39, 0.29) is 34.5 Å². The number of carboxylic acid groups (broad SMARTS) is 2. The summed E-state index contributed by atoms with van der Waals surface area (Å²) >= 11 is 2.58. The lowest BCUT2D eigenvalue weighted by Crippen LogP contribution is -2.57. The molecule has 2 fully saturated rings. The first kappa shape index (κ1) is 47.1. The fourth-order valence-electron chi connectivity index (χ4n) is 6.36. The van der Waals surface area contributed by atoms with E-state index in [0.29, 0.717) is 66.1 Å². The summed E-state index contributed by atoms with van der Waals surface area (Å²) in [7, 11) is 0. The summed E-state index contributed by atoms with van der Waals surface area (Å²) in [4.78, 5) is 50.4. The van der Waals surface area contributed by atoms with Crippen molar-refractivity contribution < 1.29 is 70.3 Å². The number of morpholine rings is 1. The van der Waals surface area contributed by atoms with Crippen LogP contribution < -0.4 is 10.2 Å². The lowest BCUT2D eigenvalue weighted by Gasteiger charge is -2.47. The zero-order valence-electron chi connectivity index (χ0n) is 31.3. The Bertz CT molecular complexity index is 2110. The number of aromatic hydroxyl groups is 1. The minimum absolute atomic E-state index is 0.0349. The second-order valence-corrected chi connectivity index (χ2v) is 15.5. The number of alkyl halides is 6. The Balaban J connectivity index is 0.000000471. The molecule has 1 amide bonds. The average molecular weight is 883 g/mol. The van der Waals surface area contributed by atoms with Crippen molar-refractivity contribution in [2.45, 2.75) is 63.2 Å². The van der Waals surface area contributed by atoms with Crippen molar-refractivity contribution in [3.05, 3.63) is 84.4 Å². The quantitative estimate of drug-likeness (QED) is 0.0847. The number of H-pyrrole nitrogens is 1. The van der Waals surface area contributed by atoms with Crippen LogP contribution in [0.15, 0.2) is 46.6 Å². The van der Waals surface area contributed by atoms with E-state index in [0.717, 1.165) is 49.3 Å². The number of carbonyl (C=O) groups excluding carboxylic acids is 1. The molecule has 2 aliphatic rings. The maximum atomic E-state index is 15.5. The number of amides is 1. The number of piperidine rings is 1. The first-order valence-corrected chi connectivity index (χ1v) is 19.7. The summed E-state index contributed by atoms with van der Waals surface area (Å²) in [6.45, 7) is 6.55. The van der Waals surface area contributed by atoms with Crippen molar-refractivity contribution >= 4 is 50.7 Å². The molecule has 6 N–H and O–H groups in total. The fourth-order valence-corrected chi connectivity index (χ4v) is 8.09. The molecule has 0 saturated carbocycles. The topological polar surface area (TPSA) is 193 Å². The van der Waals surface area contributed by atoms with E-state index in [1.807, 2.05) is 28.5 Å². The number of aryl methyl sites for hydroxylation is 1. The maximum absolute atomic E-state index is 15.5. The normalized spacial score (nSPS) is 16.2. The Morgan fingerprint density at radius 3 is 2.22 bits per heavy atom. The minimum atomic E-state index is -5.08. The number of nitrogens with one attached hydrogen (secondary N) is 2. The van der Waals surface area contributed by atoms with Crippen LogP contribution in [0.2, 0.25) is 0 Å². The van der Waals surface area contributed by atoms with Crippen LogP contribution in [0.1, 0.15) is 57.8 Å². The van der Waals surface area contributed by atoms with Crippen molar-refractivity contribution in [1.29, 1.82) is 0 Å². The number of thiazole rings is 1. The van der Waals surface area contributed by atoms with E-state index < -0.39 is 30.4 Å². The van der Waals surface area contributed by atoms with Crippen LogP contribution in [-0.2, 0) is 33.7 Å². The van der Waals surface area contributed by atoms with Gasteiger partial charge in [-0.15, -0.1) is 11.3 Å². The van der Waals surface area contributed by atoms with Crippen molar-refractivity contribution in [1.82, 2.24) is 20.1 Å². The van der Waals surface area contributed by atoms with E-state index in [4.69, 9.17) is 24.5 Å². The standard InChI is InChI=1S/C33H39FN4O5S2.2C2HF3O2/c1-2-24-16-23(19-44-24)31(41)38-14-15-43-33(20-38)9-12-37(13-10-33)18-22-5-3-4-21(28(22)34)8-11-35-17-27(40)25-6-7-26(39)29-30(25)45-32(42)36-29;2*3-2(4,5)1(6)7/h3-7,16,19,27,35,39-40H,2,8-15,17-18,20H2,1H3,(H,36,42);2*(H,6,7)/t27-;;/m0../s1. The number of carboxylic acids is 2. The lowest BCUT2D eigenvalue weighted by atomic mass is 9.89. The molecule has 0 radical (unpaired) electrons. The van der Waals surface area contributed by atoms with Gasteiger partial charge in [-0.05, 0) is 49.9 Å². The molecular weight excluding hydrogens is 842 g/mol. The second kappa shape index (κ2) is 20.1. The highest BCUT2D eigenvalue weighted by Gasteiger charge is 2.42. The first-order valence-electron chi connectivity index (χ1n) is 18.0. The number of aromatic amines is 1. The molecule has 2 saturated heterocycles.